The Hall–Kier alpha value is -1.95. The minimum atomic E-state index is -0.185. The summed E-state index contributed by atoms with van der Waals surface area (Å²) in [6, 6.07) is 7.48. The first-order valence-electron chi connectivity index (χ1n) is 6.74. The zero-order valence-electron chi connectivity index (χ0n) is 12.0. The summed E-state index contributed by atoms with van der Waals surface area (Å²) in [7, 11) is 0. The molecule has 0 radical (unpaired) electrons. The second-order valence-electron chi connectivity index (χ2n) is 4.61. The monoisotopic (exact) mass is 348 g/mol. The lowest BCUT2D eigenvalue weighted by Crippen LogP contribution is -2.25. The number of anilines is 2. The highest BCUT2D eigenvalue weighted by Crippen LogP contribution is 2.22. The van der Waals surface area contributed by atoms with Crippen molar-refractivity contribution in [2.45, 2.75) is 20.3 Å². The van der Waals surface area contributed by atoms with Gasteiger partial charge in [0.2, 0.25) is 5.95 Å². The molecule has 2 rings (SSSR count). The third-order valence-electron chi connectivity index (χ3n) is 2.86. The zero-order valence-corrected chi connectivity index (χ0v) is 13.6. The first-order valence-corrected chi connectivity index (χ1v) is 7.54. The summed E-state index contributed by atoms with van der Waals surface area (Å²) in [5.74, 6) is 0.222. The predicted molar refractivity (Wildman–Crippen MR) is 86.8 cm³/mol. The molecule has 0 bridgehead atoms. The number of hydrogen-bond donors (Lipinski definition) is 2. The third kappa shape index (κ3) is 4.26. The highest BCUT2D eigenvalue weighted by atomic mass is 79.9. The highest BCUT2D eigenvalue weighted by molar-refractivity contribution is 9.10. The Morgan fingerprint density at radius 3 is 2.86 bits per heavy atom. The molecule has 6 heteroatoms. The van der Waals surface area contributed by atoms with Crippen LogP contribution in [0.2, 0.25) is 0 Å². The molecule has 0 aliphatic heterocycles. The van der Waals surface area contributed by atoms with Crippen LogP contribution in [0.1, 0.15) is 29.4 Å². The van der Waals surface area contributed by atoms with Gasteiger partial charge in [0.15, 0.2) is 0 Å². The molecule has 2 N–H and O–H groups in total. The van der Waals surface area contributed by atoms with Crippen molar-refractivity contribution in [1.82, 2.24) is 15.3 Å². The first-order chi connectivity index (χ1) is 10.1. The Balaban J connectivity index is 2.15. The molecule has 1 heterocycles. The van der Waals surface area contributed by atoms with E-state index in [0.29, 0.717) is 18.2 Å². The number of carbonyl (C=O) groups is 1. The number of amides is 1. The normalized spacial score (nSPS) is 10.2. The van der Waals surface area contributed by atoms with E-state index < -0.39 is 0 Å². The van der Waals surface area contributed by atoms with Crippen molar-refractivity contribution in [1.29, 1.82) is 0 Å². The van der Waals surface area contributed by atoms with Gasteiger partial charge in [-0.3, -0.25) is 4.79 Å². The Bertz CT molecular complexity index is 645. The van der Waals surface area contributed by atoms with Crippen LogP contribution in [0.3, 0.4) is 0 Å². The lowest BCUT2D eigenvalue weighted by molar-refractivity contribution is 0.0948. The van der Waals surface area contributed by atoms with E-state index in [1.807, 2.05) is 32.0 Å². The molecule has 0 unspecified atom stereocenters. The molecule has 0 saturated carbocycles. The Kier molecular flexibility index (Phi) is 5.27. The second-order valence-corrected chi connectivity index (χ2v) is 5.52. The topological polar surface area (TPSA) is 66.9 Å². The molecule has 0 spiro atoms. The number of benzene rings is 1. The van der Waals surface area contributed by atoms with Gasteiger partial charge in [-0.1, -0.05) is 22.9 Å². The average Bonchev–Trinajstić information content (AvgIpc) is 2.48. The second kappa shape index (κ2) is 7.17. The molecule has 2 aromatic rings. The maximum absolute atomic E-state index is 11.9. The van der Waals surface area contributed by atoms with Crippen molar-refractivity contribution in [3.05, 3.63) is 46.2 Å². The summed E-state index contributed by atoms with van der Waals surface area (Å²) >= 11 is 3.42. The molecule has 1 aromatic heterocycles. The van der Waals surface area contributed by atoms with Gasteiger partial charge in [0, 0.05) is 22.9 Å². The molecule has 0 aliphatic carbocycles. The van der Waals surface area contributed by atoms with E-state index in [9.17, 15) is 4.79 Å². The molecular weight excluding hydrogens is 332 g/mol. The maximum atomic E-state index is 11.9. The average molecular weight is 349 g/mol. The van der Waals surface area contributed by atoms with Gasteiger partial charge in [-0.2, -0.15) is 0 Å². The van der Waals surface area contributed by atoms with E-state index in [1.165, 1.54) is 0 Å². The van der Waals surface area contributed by atoms with Crippen LogP contribution in [0.25, 0.3) is 0 Å². The van der Waals surface area contributed by atoms with Gasteiger partial charge in [-0.25, -0.2) is 9.97 Å². The molecular formula is C15H17BrN4O. The number of carbonyl (C=O) groups excluding carboxylic acids is 1. The lowest BCUT2D eigenvalue weighted by atomic mass is 10.2. The van der Waals surface area contributed by atoms with Crippen molar-refractivity contribution in [2.75, 3.05) is 11.9 Å². The van der Waals surface area contributed by atoms with Crippen LogP contribution in [-0.2, 0) is 0 Å². The van der Waals surface area contributed by atoms with Gasteiger partial charge < -0.3 is 10.6 Å². The van der Waals surface area contributed by atoms with Crippen LogP contribution in [0.5, 0.6) is 0 Å². The van der Waals surface area contributed by atoms with Crippen LogP contribution >= 0.6 is 15.9 Å². The summed E-state index contributed by atoms with van der Waals surface area (Å²) < 4.78 is 1.01. The van der Waals surface area contributed by atoms with Crippen molar-refractivity contribution in [3.63, 3.8) is 0 Å². The van der Waals surface area contributed by atoms with Gasteiger partial charge in [0.25, 0.3) is 5.91 Å². The quantitative estimate of drug-likeness (QED) is 0.868. The van der Waals surface area contributed by atoms with Crippen LogP contribution < -0.4 is 10.6 Å². The summed E-state index contributed by atoms with van der Waals surface area (Å²) in [4.78, 5) is 20.3. The molecule has 0 aliphatic rings. The van der Waals surface area contributed by atoms with Gasteiger partial charge in [-0.05, 0) is 43.2 Å². The van der Waals surface area contributed by atoms with Gasteiger partial charge >= 0.3 is 0 Å². The summed E-state index contributed by atoms with van der Waals surface area (Å²) in [5, 5.41) is 5.92. The van der Waals surface area contributed by atoms with Gasteiger partial charge in [-0.15, -0.1) is 0 Å². The Morgan fingerprint density at radius 1 is 1.33 bits per heavy atom. The van der Waals surface area contributed by atoms with Crippen LogP contribution in [-0.4, -0.2) is 22.4 Å². The first kappa shape index (κ1) is 15.4. The number of halogens is 1. The molecule has 0 atom stereocenters. The molecule has 5 nitrogen and oxygen atoms in total. The number of aryl methyl sites for hydroxylation is 1. The van der Waals surface area contributed by atoms with Crippen molar-refractivity contribution < 1.29 is 4.79 Å². The van der Waals surface area contributed by atoms with E-state index in [-0.39, 0.29) is 5.91 Å². The molecule has 1 aromatic carbocycles. The largest absolute Gasteiger partial charge is 0.351 e. The fourth-order valence-corrected chi connectivity index (χ4v) is 2.24. The smallest absolute Gasteiger partial charge is 0.270 e. The van der Waals surface area contributed by atoms with E-state index in [2.05, 4.69) is 36.5 Å². The molecule has 0 saturated heterocycles. The number of nitrogens with one attached hydrogen (secondary N) is 2. The number of nitrogens with zero attached hydrogens (tertiary/aromatic N) is 2. The molecule has 1 amide bonds. The molecule has 110 valence electrons. The Morgan fingerprint density at radius 2 is 2.14 bits per heavy atom. The van der Waals surface area contributed by atoms with E-state index in [1.54, 1.807) is 12.3 Å². The number of aromatic nitrogens is 2. The highest BCUT2D eigenvalue weighted by Gasteiger charge is 2.08. The summed E-state index contributed by atoms with van der Waals surface area (Å²) in [6.45, 7) is 4.63. The fourth-order valence-electron chi connectivity index (χ4n) is 1.76. The summed E-state index contributed by atoms with van der Waals surface area (Å²) in [5.41, 5.74) is 2.33. The molecule has 21 heavy (non-hydrogen) atoms. The van der Waals surface area contributed by atoms with Gasteiger partial charge in [0.1, 0.15) is 5.69 Å². The minimum absolute atomic E-state index is 0.185. The van der Waals surface area contributed by atoms with Gasteiger partial charge in [0.05, 0.1) is 0 Å². The van der Waals surface area contributed by atoms with E-state index in [4.69, 9.17) is 0 Å². The van der Waals surface area contributed by atoms with Crippen molar-refractivity contribution in [2.24, 2.45) is 0 Å². The number of hydrogen-bond acceptors (Lipinski definition) is 4. The third-order valence-corrected chi connectivity index (χ3v) is 3.35. The SMILES string of the molecule is CCCNC(=O)c1ccnc(Nc2ccc(Br)cc2C)n1. The summed E-state index contributed by atoms with van der Waals surface area (Å²) in [6.07, 6.45) is 2.46. The minimum Gasteiger partial charge on any atom is -0.351 e. The van der Waals surface area contributed by atoms with E-state index >= 15 is 0 Å². The maximum Gasteiger partial charge on any atom is 0.270 e. The lowest BCUT2D eigenvalue weighted by Gasteiger charge is -2.09. The number of rotatable bonds is 5. The Labute approximate surface area is 132 Å². The predicted octanol–water partition coefficient (Wildman–Crippen LogP) is 3.43. The van der Waals surface area contributed by atoms with Crippen LogP contribution in [0, 0.1) is 6.92 Å². The van der Waals surface area contributed by atoms with E-state index in [0.717, 1.165) is 22.1 Å². The molecule has 0 fully saturated rings. The standard InChI is InChI=1S/C15H17BrN4O/c1-3-7-17-14(21)13-6-8-18-15(20-13)19-12-5-4-11(16)9-10(12)2/h4-6,8-9H,3,7H2,1-2H3,(H,17,21)(H,18,19,20). The van der Waals surface area contributed by atoms with Crippen molar-refractivity contribution in [3.8, 4) is 0 Å². The van der Waals surface area contributed by atoms with Crippen molar-refractivity contribution >= 4 is 33.5 Å². The van der Waals surface area contributed by atoms with Crippen LogP contribution in [0.4, 0.5) is 11.6 Å². The zero-order chi connectivity index (χ0) is 15.2. The fraction of sp³-hybridized carbons (Fsp3) is 0.267. The van der Waals surface area contributed by atoms with Crippen LogP contribution in [0.15, 0.2) is 34.9 Å².